The molecule has 1 atom stereocenters. The summed E-state index contributed by atoms with van der Waals surface area (Å²) in [6.07, 6.45) is 9.48. The van der Waals surface area contributed by atoms with Crippen LogP contribution in [0.1, 0.15) is 51.9 Å². The van der Waals surface area contributed by atoms with E-state index in [2.05, 4.69) is 26.9 Å². The van der Waals surface area contributed by atoms with Gasteiger partial charge < -0.3 is 15.1 Å². The van der Waals surface area contributed by atoms with Crippen molar-refractivity contribution in [2.45, 2.75) is 57.9 Å². The van der Waals surface area contributed by atoms with Gasteiger partial charge in [0.2, 0.25) is 5.91 Å². The molecule has 1 saturated carbocycles. The summed E-state index contributed by atoms with van der Waals surface area (Å²) in [4.78, 5) is 19.8. The van der Waals surface area contributed by atoms with Crippen LogP contribution in [-0.4, -0.2) is 85.6 Å². The molecule has 0 radical (unpaired) electrons. The molecule has 0 aromatic rings. The molecule has 5 heteroatoms. The summed E-state index contributed by atoms with van der Waals surface area (Å²) >= 11 is 0. The third-order valence-corrected chi connectivity index (χ3v) is 6.39. The molecule has 0 aromatic carbocycles. The average molecular weight is 351 g/mol. The molecule has 3 fully saturated rings. The maximum Gasteiger partial charge on any atom is 0.234 e. The summed E-state index contributed by atoms with van der Waals surface area (Å²) in [5, 5.41) is 3.32. The maximum absolute atomic E-state index is 12.4. The van der Waals surface area contributed by atoms with Gasteiger partial charge in [0, 0.05) is 45.3 Å². The molecule has 1 unspecified atom stereocenters. The SMILES string of the molecule is CCN1CCN(CC(=O)NC2CCCN(CC3CCCCC3)C2)CC1. The Hall–Kier alpha value is -0.650. The first-order valence-corrected chi connectivity index (χ1v) is 10.7. The molecule has 1 amide bonds. The van der Waals surface area contributed by atoms with Crippen molar-refractivity contribution in [2.24, 2.45) is 5.92 Å². The van der Waals surface area contributed by atoms with Gasteiger partial charge in [0.25, 0.3) is 0 Å². The van der Waals surface area contributed by atoms with Crippen molar-refractivity contribution in [2.75, 3.05) is 58.9 Å². The molecule has 2 saturated heterocycles. The molecule has 2 aliphatic heterocycles. The van der Waals surface area contributed by atoms with Crippen LogP contribution in [0.2, 0.25) is 0 Å². The van der Waals surface area contributed by atoms with E-state index in [4.69, 9.17) is 0 Å². The van der Waals surface area contributed by atoms with E-state index in [1.807, 2.05) is 0 Å². The predicted octanol–water partition coefficient (Wildman–Crippen LogP) is 1.78. The van der Waals surface area contributed by atoms with E-state index in [-0.39, 0.29) is 5.91 Å². The highest BCUT2D eigenvalue weighted by atomic mass is 16.2. The lowest BCUT2D eigenvalue weighted by Gasteiger charge is -2.37. The lowest BCUT2D eigenvalue weighted by molar-refractivity contribution is -0.123. The van der Waals surface area contributed by atoms with Crippen LogP contribution in [0.15, 0.2) is 0 Å². The van der Waals surface area contributed by atoms with Crippen molar-refractivity contribution < 1.29 is 4.79 Å². The first-order valence-electron chi connectivity index (χ1n) is 10.7. The first kappa shape index (κ1) is 19.1. The Balaban J connectivity index is 1.36. The van der Waals surface area contributed by atoms with Crippen molar-refractivity contribution in [1.82, 2.24) is 20.0 Å². The number of nitrogens with one attached hydrogen (secondary N) is 1. The second kappa shape index (κ2) is 9.89. The van der Waals surface area contributed by atoms with Gasteiger partial charge >= 0.3 is 0 Å². The Labute approximate surface area is 154 Å². The van der Waals surface area contributed by atoms with E-state index in [0.717, 1.165) is 51.6 Å². The largest absolute Gasteiger partial charge is 0.351 e. The number of hydrogen-bond donors (Lipinski definition) is 1. The minimum absolute atomic E-state index is 0.231. The number of piperazine rings is 1. The third-order valence-electron chi connectivity index (χ3n) is 6.39. The number of hydrogen-bond acceptors (Lipinski definition) is 4. The Bertz CT molecular complexity index is 403. The van der Waals surface area contributed by atoms with Crippen molar-refractivity contribution in [3.63, 3.8) is 0 Å². The lowest BCUT2D eigenvalue weighted by atomic mass is 9.88. The van der Waals surface area contributed by atoms with Gasteiger partial charge in [-0.1, -0.05) is 26.2 Å². The van der Waals surface area contributed by atoms with Gasteiger partial charge in [-0.05, 0) is 44.7 Å². The number of likely N-dealkylation sites (tertiary alicyclic amines) is 1. The fourth-order valence-electron chi connectivity index (χ4n) is 4.81. The number of carbonyl (C=O) groups is 1. The standard InChI is InChI=1S/C20H38N4O/c1-2-22-11-13-23(14-12-22)17-20(25)21-19-9-6-10-24(16-19)15-18-7-4-3-5-8-18/h18-19H,2-17H2,1H3,(H,21,25). The zero-order valence-corrected chi connectivity index (χ0v) is 16.2. The van der Waals surface area contributed by atoms with E-state index in [1.165, 1.54) is 51.6 Å². The van der Waals surface area contributed by atoms with Gasteiger partial charge in [-0.25, -0.2) is 0 Å². The number of rotatable bonds is 6. The van der Waals surface area contributed by atoms with Gasteiger partial charge in [0.05, 0.1) is 6.54 Å². The smallest absolute Gasteiger partial charge is 0.234 e. The van der Waals surface area contributed by atoms with E-state index < -0.39 is 0 Å². The molecular weight excluding hydrogens is 312 g/mol. The highest BCUT2D eigenvalue weighted by Gasteiger charge is 2.25. The highest BCUT2D eigenvalue weighted by Crippen LogP contribution is 2.25. The zero-order chi connectivity index (χ0) is 17.5. The quantitative estimate of drug-likeness (QED) is 0.793. The number of likely N-dealkylation sites (N-methyl/N-ethyl adjacent to an activating group) is 1. The molecule has 2 heterocycles. The summed E-state index contributed by atoms with van der Waals surface area (Å²) in [7, 11) is 0. The van der Waals surface area contributed by atoms with Gasteiger partial charge in [-0.3, -0.25) is 9.69 Å². The monoisotopic (exact) mass is 350 g/mol. The van der Waals surface area contributed by atoms with Crippen molar-refractivity contribution in [3.05, 3.63) is 0 Å². The van der Waals surface area contributed by atoms with Crippen LogP contribution < -0.4 is 5.32 Å². The molecule has 1 aliphatic carbocycles. The molecule has 0 spiro atoms. The Morgan fingerprint density at radius 2 is 1.60 bits per heavy atom. The summed E-state index contributed by atoms with van der Waals surface area (Å²) in [5.41, 5.74) is 0. The van der Waals surface area contributed by atoms with Crippen molar-refractivity contribution in [1.29, 1.82) is 0 Å². The predicted molar refractivity (Wildman–Crippen MR) is 103 cm³/mol. The fourth-order valence-corrected chi connectivity index (χ4v) is 4.81. The van der Waals surface area contributed by atoms with Crippen LogP contribution in [-0.2, 0) is 4.79 Å². The molecule has 3 rings (SSSR count). The second-order valence-corrected chi connectivity index (χ2v) is 8.38. The number of nitrogens with zero attached hydrogens (tertiary/aromatic N) is 3. The number of amides is 1. The Kier molecular flexibility index (Phi) is 7.56. The number of piperidine rings is 1. The van der Waals surface area contributed by atoms with Crippen LogP contribution in [0.25, 0.3) is 0 Å². The Morgan fingerprint density at radius 3 is 2.32 bits per heavy atom. The molecule has 0 bridgehead atoms. The van der Waals surface area contributed by atoms with Gasteiger partial charge in [0.15, 0.2) is 0 Å². The van der Waals surface area contributed by atoms with Gasteiger partial charge in [0.1, 0.15) is 0 Å². The third kappa shape index (κ3) is 6.22. The maximum atomic E-state index is 12.4. The molecule has 1 N–H and O–H groups in total. The minimum atomic E-state index is 0.231. The summed E-state index contributed by atoms with van der Waals surface area (Å²) in [6, 6.07) is 0.363. The minimum Gasteiger partial charge on any atom is -0.351 e. The van der Waals surface area contributed by atoms with Gasteiger partial charge in [-0.15, -0.1) is 0 Å². The Morgan fingerprint density at radius 1 is 0.880 bits per heavy atom. The number of carbonyl (C=O) groups excluding carboxylic acids is 1. The summed E-state index contributed by atoms with van der Waals surface area (Å²) in [6.45, 7) is 11.7. The molecular formula is C20H38N4O. The van der Waals surface area contributed by atoms with Crippen LogP contribution in [0.4, 0.5) is 0 Å². The van der Waals surface area contributed by atoms with Gasteiger partial charge in [-0.2, -0.15) is 0 Å². The average Bonchev–Trinajstić information content (AvgIpc) is 2.63. The topological polar surface area (TPSA) is 38.8 Å². The molecule has 25 heavy (non-hydrogen) atoms. The summed E-state index contributed by atoms with van der Waals surface area (Å²) in [5.74, 6) is 1.13. The fraction of sp³-hybridized carbons (Fsp3) is 0.950. The van der Waals surface area contributed by atoms with Crippen molar-refractivity contribution >= 4 is 5.91 Å². The molecule has 5 nitrogen and oxygen atoms in total. The van der Waals surface area contributed by atoms with Crippen LogP contribution in [0.3, 0.4) is 0 Å². The van der Waals surface area contributed by atoms with Crippen molar-refractivity contribution in [3.8, 4) is 0 Å². The van der Waals surface area contributed by atoms with E-state index >= 15 is 0 Å². The highest BCUT2D eigenvalue weighted by molar-refractivity contribution is 5.78. The van der Waals surface area contributed by atoms with Crippen LogP contribution in [0.5, 0.6) is 0 Å². The molecule has 0 aromatic heterocycles. The first-order chi connectivity index (χ1) is 12.2. The van der Waals surface area contributed by atoms with E-state index in [0.29, 0.717) is 12.6 Å². The zero-order valence-electron chi connectivity index (χ0n) is 16.2. The van der Waals surface area contributed by atoms with Crippen LogP contribution in [0, 0.1) is 5.92 Å². The second-order valence-electron chi connectivity index (χ2n) is 8.38. The van der Waals surface area contributed by atoms with E-state index in [9.17, 15) is 4.79 Å². The normalized spacial score (nSPS) is 28.1. The van der Waals surface area contributed by atoms with E-state index in [1.54, 1.807) is 0 Å². The summed E-state index contributed by atoms with van der Waals surface area (Å²) < 4.78 is 0. The molecule has 3 aliphatic rings. The lowest BCUT2D eigenvalue weighted by Crippen LogP contribution is -2.53. The van der Waals surface area contributed by atoms with Crippen LogP contribution >= 0.6 is 0 Å². The molecule has 144 valence electrons.